The third-order valence-electron chi connectivity index (χ3n) is 5.39. The summed E-state index contributed by atoms with van der Waals surface area (Å²) in [6, 6.07) is 4.99. The summed E-state index contributed by atoms with van der Waals surface area (Å²) >= 11 is 0. The number of carbonyl (C=O) groups is 1. The van der Waals surface area contributed by atoms with E-state index in [1.54, 1.807) is 0 Å². The van der Waals surface area contributed by atoms with Gasteiger partial charge in [-0.3, -0.25) is 4.79 Å². The van der Waals surface area contributed by atoms with Crippen molar-refractivity contribution >= 4 is 11.7 Å². The Kier molecular flexibility index (Phi) is 5.88. The second-order valence-corrected chi connectivity index (χ2v) is 10.3. The molecule has 0 aliphatic carbocycles. The molecule has 0 bridgehead atoms. The molecule has 0 fully saturated rings. The minimum Gasteiger partial charge on any atom is -0.363 e. The predicted octanol–water partition coefficient (Wildman–Crippen LogP) is 5.80. The van der Waals surface area contributed by atoms with Gasteiger partial charge in [0.2, 0.25) is 0 Å². The number of benzene rings is 1. The summed E-state index contributed by atoms with van der Waals surface area (Å²) in [6.45, 7) is 12.0. The van der Waals surface area contributed by atoms with E-state index in [2.05, 4.69) is 36.5 Å². The first-order chi connectivity index (χ1) is 14.2. The van der Waals surface area contributed by atoms with Crippen LogP contribution in [0.2, 0.25) is 0 Å². The standard InChI is InChI=1S/C23H31F3N4O/c1-14-7-9-15(10-8-14)17-11-18(23(24,25)26)30-19(28-17)16(12-27-30)20(31)29-22(5,6)13-21(2,3)4/h7-10,12,17-18,28H,11,13H2,1-6H3,(H,29,31)/t17-,18+/m0/s1. The zero-order chi connectivity index (χ0) is 23.2. The van der Waals surface area contributed by atoms with Crippen molar-refractivity contribution in [1.82, 2.24) is 15.1 Å². The van der Waals surface area contributed by atoms with E-state index in [4.69, 9.17) is 0 Å². The normalized spacial score (nSPS) is 19.5. The Morgan fingerprint density at radius 3 is 2.32 bits per heavy atom. The lowest BCUT2D eigenvalue weighted by Crippen LogP contribution is -2.46. The van der Waals surface area contributed by atoms with Gasteiger partial charge in [-0.2, -0.15) is 18.3 Å². The minimum absolute atomic E-state index is 0.0224. The highest BCUT2D eigenvalue weighted by molar-refractivity contribution is 5.99. The molecule has 2 aromatic rings. The second-order valence-electron chi connectivity index (χ2n) is 10.3. The Morgan fingerprint density at radius 1 is 1.16 bits per heavy atom. The fourth-order valence-corrected chi connectivity index (χ4v) is 4.49. The van der Waals surface area contributed by atoms with Gasteiger partial charge in [-0.05, 0) is 38.2 Å². The van der Waals surface area contributed by atoms with Gasteiger partial charge in [0.05, 0.1) is 12.2 Å². The molecular formula is C23H31F3N4O. The molecule has 31 heavy (non-hydrogen) atoms. The van der Waals surface area contributed by atoms with Gasteiger partial charge >= 0.3 is 6.18 Å². The number of nitrogens with zero attached hydrogens (tertiary/aromatic N) is 2. The summed E-state index contributed by atoms with van der Waals surface area (Å²) in [5, 5.41) is 10.1. The lowest BCUT2D eigenvalue weighted by Gasteiger charge is -2.35. The quantitative estimate of drug-likeness (QED) is 0.637. The topological polar surface area (TPSA) is 59.0 Å². The van der Waals surface area contributed by atoms with E-state index < -0.39 is 29.7 Å². The Labute approximate surface area is 181 Å². The highest BCUT2D eigenvalue weighted by Crippen LogP contribution is 2.44. The second kappa shape index (κ2) is 7.88. The zero-order valence-corrected chi connectivity index (χ0v) is 18.9. The largest absolute Gasteiger partial charge is 0.410 e. The Morgan fingerprint density at radius 2 is 1.77 bits per heavy atom. The van der Waals surface area contributed by atoms with Crippen LogP contribution in [0.3, 0.4) is 0 Å². The molecule has 2 heterocycles. The van der Waals surface area contributed by atoms with Crippen molar-refractivity contribution in [3.8, 4) is 0 Å². The number of hydrogen-bond acceptors (Lipinski definition) is 3. The first-order valence-corrected chi connectivity index (χ1v) is 10.5. The molecule has 0 saturated heterocycles. The van der Waals surface area contributed by atoms with Gasteiger partial charge in [-0.15, -0.1) is 0 Å². The molecule has 0 spiro atoms. The maximum atomic E-state index is 13.9. The number of aryl methyl sites for hydroxylation is 1. The number of halogens is 3. The van der Waals surface area contributed by atoms with E-state index in [0.29, 0.717) is 6.42 Å². The lowest BCUT2D eigenvalue weighted by molar-refractivity contribution is -0.173. The van der Waals surface area contributed by atoms with E-state index in [1.165, 1.54) is 6.20 Å². The number of rotatable bonds is 4. The van der Waals surface area contributed by atoms with Gasteiger partial charge in [-0.1, -0.05) is 50.6 Å². The first-order valence-electron chi connectivity index (χ1n) is 10.5. The number of alkyl halides is 3. The SMILES string of the molecule is Cc1ccc([C@@H]2C[C@H](C(F)(F)F)n3ncc(C(=O)NC(C)(C)CC(C)(C)C)c3N2)cc1. The number of hydrogen-bond donors (Lipinski definition) is 2. The van der Waals surface area contributed by atoms with Crippen LogP contribution < -0.4 is 10.6 Å². The summed E-state index contributed by atoms with van der Waals surface area (Å²) in [4.78, 5) is 13.0. The number of aromatic nitrogens is 2. The van der Waals surface area contributed by atoms with Gasteiger partial charge in [0.1, 0.15) is 11.4 Å². The smallest absolute Gasteiger partial charge is 0.363 e. The van der Waals surface area contributed by atoms with Crippen LogP contribution in [-0.2, 0) is 0 Å². The predicted molar refractivity (Wildman–Crippen MR) is 115 cm³/mol. The van der Waals surface area contributed by atoms with Crippen molar-refractivity contribution in [3.05, 3.63) is 47.2 Å². The van der Waals surface area contributed by atoms with Crippen LogP contribution in [0, 0.1) is 12.3 Å². The number of amides is 1. The molecular weight excluding hydrogens is 405 g/mol. The van der Waals surface area contributed by atoms with Crippen LogP contribution in [0.5, 0.6) is 0 Å². The first kappa shape index (κ1) is 23.2. The van der Waals surface area contributed by atoms with Crippen molar-refractivity contribution in [2.45, 2.75) is 78.2 Å². The molecule has 1 aliphatic rings. The molecule has 1 aromatic heterocycles. The molecule has 3 rings (SSSR count). The van der Waals surface area contributed by atoms with Crippen LogP contribution in [0.15, 0.2) is 30.5 Å². The van der Waals surface area contributed by atoms with Crippen molar-refractivity contribution < 1.29 is 18.0 Å². The van der Waals surface area contributed by atoms with Crippen LogP contribution in [0.25, 0.3) is 0 Å². The van der Waals surface area contributed by atoms with Crippen LogP contribution >= 0.6 is 0 Å². The summed E-state index contributed by atoms with van der Waals surface area (Å²) in [7, 11) is 0. The minimum atomic E-state index is -4.48. The van der Waals surface area contributed by atoms with E-state index >= 15 is 0 Å². The maximum absolute atomic E-state index is 13.9. The highest BCUT2D eigenvalue weighted by atomic mass is 19.4. The summed E-state index contributed by atoms with van der Waals surface area (Å²) in [5.74, 6) is -0.336. The van der Waals surface area contributed by atoms with Gasteiger partial charge in [-0.25, -0.2) is 4.68 Å². The molecule has 2 N–H and O–H groups in total. The van der Waals surface area contributed by atoms with Gasteiger partial charge < -0.3 is 10.6 Å². The number of carbonyl (C=O) groups excluding carboxylic acids is 1. The third-order valence-corrected chi connectivity index (χ3v) is 5.39. The Balaban J connectivity index is 1.94. The van der Waals surface area contributed by atoms with Gasteiger partial charge in [0.25, 0.3) is 5.91 Å². The monoisotopic (exact) mass is 436 g/mol. The van der Waals surface area contributed by atoms with Crippen molar-refractivity contribution in [1.29, 1.82) is 0 Å². The summed E-state index contributed by atoms with van der Waals surface area (Å²) in [5.41, 5.74) is 1.34. The molecule has 2 atom stereocenters. The summed E-state index contributed by atoms with van der Waals surface area (Å²) in [6.07, 6.45) is -2.75. The molecule has 0 radical (unpaired) electrons. The summed E-state index contributed by atoms with van der Waals surface area (Å²) < 4.78 is 42.5. The average molecular weight is 437 g/mol. The average Bonchev–Trinajstić information content (AvgIpc) is 3.02. The number of fused-ring (bicyclic) bond motifs is 1. The van der Waals surface area contributed by atoms with Crippen molar-refractivity contribution in [2.75, 3.05) is 5.32 Å². The fraction of sp³-hybridized carbons (Fsp3) is 0.565. The molecule has 0 unspecified atom stereocenters. The highest BCUT2D eigenvalue weighted by Gasteiger charge is 2.47. The van der Waals surface area contributed by atoms with E-state index in [9.17, 15) is 18.0 Å². The van der Waals surface area contributed by atoms with E-state index in [-0.39, 0.29) is 23.2 Å². The number of anilines is 1. The molecule has 5 nitrogen and oxygen atoms in total. The molecule has 0 saturated carbocycles. The van der Waals surface area contributed by atoms with Gasteiger partial charge in [0.15, 0.2) is 6.04 Å². The molecule has 1 aliphatic heterocycles. The number of nitrogens with one attached hydrogen (secondary N) is 2. The zero-order valence-electron chi connectivity index (χ0n) is 18.9. The van der Waals surface area contributed by atoms with Crippen molar-refractivity contribution in [3.63, 3.8) is 0 Å². The van der Waals surface area contributed by atoms with Crippen LogP contribution in [0.1, 0.15) is 81.0 Å². The van der Waals surface area contributed by atoms with E-state index in [1.807, 2.05) is 45.0 Å². The van der Waals surface area contributed by atoms with E-state index in [0.717, 1.165) is 15.8 Å². The molecule has 1 amide bonds. The molecule has 1 aromatic carbocycles. The Hall–Kier alpha value is -2.51. The van der Waals surface area contributed by atoms with Gasteiger partial charge in [0, 0.05) is 12.0 Å². The lowest BCUT2D eigenvalue weighted by atomic mass is 9.81. The van der Waals surface area contributed by atoms with Crippen LogP contribution in [0.4, 0.5) is 19.0 Å². The van der Waals surface area contributed by atoms with Crippen molar-refractivity contribution in [2.24, 2.45) is 5.41 Å². The van der Waals surface area contributed by atoms with Crippen LogP contribution in [-0.4, -0.2) is 27.4 Å². The Bertz CT molecular complexity index is 939. The molecule has 170 valence electrons. The third kappa shape index (κ3) is 5.40. The fourth-order valence-electron chi connectivity index (χ4n) is 4.49. The maximum Gasteiger partial charge on any atom is 0.410 e. The molecule has 8 heteroatoms.